The normalized spacial score (nSPS) is 20.8. The molecule has 2 aliphatic rings. The smallest absolute Gasteiger partial charge is 0.406 e. The highest BCUT2D eigenvalue weighted by molar-refractivity contribution is 6.11. The third-order valence-electron chi connectivity index (χ3n) is 6.40. The molecule has 3 heterocycles. The molecule has 1 aromatic carbocycles. The van der Waals surface area contributed by atoms with E-state index >= 15 is 0 Å². The lowest BCUT2D eigenvalue weighted by molar-refractivity contribution is -0.159. The SMILES string of the molecule is N#CCN(CC(F)(F)F)C(=O)CN1C(=O)C2(CC(Oc3ccc4[nH]ncc4n3)C2)c2c(F)cccc21. The average Bonchev–Trinajstić information content (AvgIpc) is 3.35. The Morgan fingerprint density at radius 1 is 1.31 bits per heavy atom. The Morgan fingerprint density at radius 2 is 2.08 bits per heavy atom. The van der Waals surface area contributed by atoms with Gasteiger partial charge in [-0.1, -0.05) is 6.07 Å². The summed E-state index contributed by atoms with van der Waals surface area (Å²) in [5.41, 5.74) is 0.193. The van der Waals surface area contributed by atoms with Crippen molar-refractivity contribution in [3.05, 3.63) is 47.9 Å². The van der Waals surface area contributed by atoms with E-state index in [0.717, 1.165) is 4.90 Å². The van der Waals surface area contributed by atoms with Gasteiger partial charge in [0, 0.05) is 24.5 Å². The molecule has 3 aromatic rings. The summed E-state index contributed by atoms with van der Waals surface area (Å²) in [7, 11) is 0. The minimum absolute atomic E-state index is 0.0866. The first kappa shape index (κ1) is 23.5. The molecule has 36 heavy (non-hydrogen) atoms. The van der Waals surface area contributed by atoms with Crippen molar-refractivity contribution in [2.45, 2.75) is 30.5 Å². The number of pyridine rings is 1. The lowest BCUT2D eigenvalue weighted by atomic mass is 9.63. The first-order valence-electron chi connectivity index (χ1n) is 10.9. The largest absolute Gasteiger partial charge is 0.474 e. The number of nitrogens with one attached hydrogen (secondary N) is 1. The van der Waals surface area contributed by atoms with Crippen LogP contribution in [-0.2, 0) is 15.0 Å². The second-order valence-electron chi connectivity index (χ2n) is 8.73. The van der Waals surface area contributed by atoms with E-state index in [9.17, 15) is 27.2 Å². The molecule has 9 nitrogen and oxygen atoms in total. The molecular formula is C23H18F4N6O3. The van der Waals surface area contributed by atoms with Gasteiger partial charge >= 0.3 is 6.18 Å². The molecule has 1 N–H and O–H groups in total. The van der Waals surface area contributed by atoms with Gasteiger partial charge in [0.25, 0.3) is 0 Å². The molecular weight excluding hydrogens is 484 g/mol. The summed E-state index contributed by atoms with van der Waals surface area (Å²) < 4.78 is 59.5. The van der Waals surface area contributed by atoms with E-state index in [2.05, 4.69) is 15.2 Å². The number of rotatable bonds is 6. The van der Waals surface area contributed by atoms with Gasteiger partial charge in [0.1, 0.15) is 37.1 Å². The van der Waals surface area contributed by atoms with Crippen LogP contribution < -0.4 is 9.64 Å². The molecule has 2 aromatic heterocycles. The van der Waals surface area contributed by atoms with E-state index in [4.69, 9.17) is 10.00 Å². The predicted molar refractivity (Wildman–Crippen MR) is 116 cm³/mol. The molecule has 0 atom stereocenters. The third kappa shape index (κ3) is 3.98. The monoisotopic (exact) mass is 502 g/mol. The van der Waals surface area contributed by atoms with Gasteiger partial charge in [-0.25, -0.2) is 9.37 Å². The summed E-state index contributed by atoms with van der Waals surface area (Å²) in [6.07, 6.45) is -3.48. The van der Waals surface area contributed by atoms with Crippen LogP contribution in [0.15, 0.2) is 36.5 Å². The Morgan fingerprint density at radius 3 is 2.81 bits per heavy atom. The van der Waals surface area contributed by atoms with Gasteiger partial charge in [0.05, 0.1) is 28.9 Å². The van der Waals surface area contributed by atoms with Crippen LogP contribution >= 0.6 is 0 Å². The Hall–Kier alpha value is -4.21. The molecule has 1 aliphatic heterocycles. The maximum absolute atomic E-state index is 15.0. The van der Waals surface area contributed by atoms with Crippen LogP contribution in [0.5, 0.6) is 5.88 Å². The number of benzene rings is 1. The fourth-order valence-corrected chi connectivity index (χ4v) is 4.84. The fourth-order valence-electron chi connectivity index (χ4n) is 4.84. The van der Waals surface area contributed by atoms with Gasteiger partial charge in [-0.15, -0.1) is 0 Å². The number of anilines is 1. The van der Waals surface area contributed by atoms with Crippen LogP contribution in [0.3, 0.4) is 0 Å². The number of carbonyl (C=O) groups excluding carboxylic acids is 2. The molecule has 186 valence electrons. The number of alkyl halides is 3. The minimum atomic E-state index is -4.72. The number of hydrogen-bond acceptors (Lipinski definition) is 6. The summed E-state index contributed by atoms with van der Waals surface area (Å²) in [5.74, 6) is -2.03. The second kappa shape index (κ2) is 8.47. The van der Waals surface area contributed by atoms with Crippen molar-refractivity contribution in [2.75, 3.05) is 24.5 Å². The van der Waals surface area contributed by atoms with E-state index < -0.39 is 55.0 Å². The molecule has 13 heteroatoms. The number of halogens is 4. The lowest BCUT2D eigenvalue weighted by Gasteiger charge is -2.43. The van der Waals surface area contributed by atoms with Crippen molar-refractivity contribution >= 4 is 28.5 Å². The van der Waals surface area contributed by atoms with Gasteiger partial charge in [0.2, 0.25) is 17.7 Å². The Kier molecular flexibility index (Phi) is 5.54. The minimum Gasteiger partial charge on any atom is -0.474 e. The van der Waals surface area contributed by atoms with Crippen molar-refractivity contribution in [3.63, 3.8) is 0 Å². The molecule has 2 amide bonds. The summed E-state index contributed by atoms with van der Waals surface area (Å²) in [6, 6.07) is 8.88. The first-order valence-corrected chi connectivity index (χ1v) is 10.9. The van der Waals surface area contributed by atoms with Crippen molar-refractivity contribution in [1.29, 1.82) is 5.26 Å². The highest BCUT2D eigenvalue weighted by Gasteiger charge is 2.61. The Bertz CT molecular complexity index is 1390. The van der Waals surface area contributed by atoms with Gasteiger partial charge in [0.15, 0.2) is 0 Å². The van der Waals surface area contributed by atoms with Gasteiger partial charge < -0.3 is 14.5 Å². The number of amides is 2. The number of nitriles is 1. The number of fused-ring (bicyclic) bond motifs is 3. The molecule has 1 aliphatic carbocycles. The van der Waals surface area contributed by atoms with Crippen molar-refractivity contribution in [3.8, 4) is 11.9 Å². The number of nitrogens with zero attached hydrogens (tertiary/aromatic N) is 5. The number of aromatic nitrogens is 3. The van der Waals surface area contributed by atoms with Crippen LogP contribution in [0.25, 0.3) is 11.0 Å². The molecule has 5 rings (SSSR count). The number of hydrogen-bond donors (Lipinski definition) is 1. The quantitative estimate of drug-likeness (QED) is 0.410. The first-order chi connectivity index (χ1) is 17.1. The summed E-state index contributed by atoms with van der Waals surface area (Å²) >= 11 is 0. The Labute approximate surface area is 201 Å². The molecule has 0 unspecified atom stereocenters. The summed E-state index contributed by atoms with van der Waals surface area (Å²) in [6.45, 7) is -3.18. The van der Waals surface area contributed by atoms with E-state index in [1.807, 2.05) is 0 Å². The second-order valence-corrected chi connectivity index (χ2v) is 8.73. The Balaban J connectivity index is 1.37. The molecule has 0 saturated heterocycles. The zero-order valence-electron chi connectivity index (χ0n) is 18.5. The van der Waals surface area contributed by atoms with Gasteiger partial charge in [-0.3, -0.25) is 14.7 Å². The molecule has 1 spiro atoms. The predicted octanol–water partition coefficient (Wildman–Crippen LogP) is 2.84. The molecule has 1 fully saturated rings. The van der Waals surface area contributed by atoms with Crippen LogP contribution in [0, 0.1) is 17.1 Å². The van der Waals surface area contributed by atoms with E-state index in [1.54, 1.807) is 12.1 Å². The standard InChI is InChI=1S/C23H18F4N6O3/c24-14-2-1-3-17-20(14)22(8-13(9-22)36-18-5-4-15-16(30-18)10-29-31-15)21(35)33(17)11-19(34)32(7-6-28)12-23(25,26)27/h1-5,10,13H,7-9,11-12H2,(H,29,31). The molecule has 0 bridgehead atoms. The van der Waals surface area contributed by atoms with Crippen LogP contribution in [0.1, 0.15) is 18.4 Å². The number of H-pyrrole nitrogens is 1. The zero-order valence-corrected chi connectivity index (χ0v) is 18.5. The number of aromatic amines is 1. The van der Waals surface area contributed by atoms with Crippen molar-refractivity contribution in [2.24, 2.45) is 0 Å². The fraction of sp³-hybridized carbons (Fsp3) is 0.348. The highest BCUT2D eigenvalue weighted by atomic mass is 19.4. The highest BCUT2D eigenvalue weighted by Crippen LogP contribution is 2.55. The average molecular weight is 502 g/mol. The summed E-state index contributed by atoms with van der Waals surface area (Å²) in [4.78, 5) is 31.8. The van der Waals surface area contributed by atoms with Gasteiger partial charge in [-0.05, 0) is 18.2 Å². The van der Waals surface area contributed by atoms with Crippen LogP contribution in [0.2, 0.25) is 0 Å². The van der Waals surface area contributed by atoms with E-state index in [0.29, 0.717) is 21.8 Å². The summed E-state index contributed by atoms with van der Waals surface area (Å²) in [5, 5.41) is 15.5. The van der Waals surface area contributed by atoms with Crippen molar-refractivity contribution < 1.29 is 31.9 Å². The van der Waals surface area contributed by atoms with Crippen LogP contribution in [-0.4, -0.2) is 63.8 Å². The number of carbonyl (C=O) groups is 2. The molecule has 0 radical (unpaired) electrons. The lowest BCUT2D eigenvalue weighted by Crippen LogP contribution is -2.55. The maximum Gasteiger partial charge on any atom is 0.406 e. The number of ether oxygens (including phenoxy) is 1. The third-order valence-corrected chi connectivity index (χ3v) is 6.40. The van der Waals surface area contributed by atoms with E-state index in [1.165, 1.54) is 30.5 Å². The zero-order chi connectivity index (χ0) is 25.7. The molecule has 1 saturated carbocycles. The maximum atomic E-state index is 15.0. The van der Waals surface area contributed by atoms with Crippen molar-refractivity contribution in [1.82, 2.24) is 20.1 Å². The van der Waals surface area contributed by atoms with E-state index in [-0.39, 0.29) is 24.1 Å². The van der Waals surface area contributed by atoms with Crippen LogP contribution in [0.4, 0.5) is 23.2 Å². The van der Waals surface area contributed by atoms with Gasteiger partial charge in [-0.2, -0.15) is 23.5 Å². The topological polar surface area (TPSA) is 115 Å².